The van der Waals surface area contributed by atoms with Crippen LogP contribution in [-0.2, 0) is 10.0 Å². The second kappa shape index (κ2) is 5.93. The number of aryl methyl sites for hydroxylation is 1. The number of benzene rings is 1. The van der Waals surface area contributed by atoms with Crippen LogP contribution in [0.15, 0.2) is 17.0 Å². The van der Waals surface area contributed by atoms with Gasteiger partial charge in [0.2, 0.25) is 10.0 Å². The average Bonchev–Trinajstić information content (AvgIpc) is 2.37. The summed E-state index contributed by atoms with van der Waals surface area (Å²) in [5, 5.41) is 0. The van der Waals surface area contributed by atoms with Crippen molar-refractivity contribution in [1.82, 2.24) is 4.72 Å². The van der Waals surface area contributed by atoms with Crippen LogP contribution in [0.3, 0.4) is 0 Å². The summed E-state index contributed by atoms with van der Waals surface area (Å²) in [6.45, 7) is 5.84. The molecule has 4 nitrogen and oxygen atoms in total. The number of sulfonamides is 1. The van der Waals surface area contributed by atoms with Crippen LogP contribution in [0.5, 0.6) is 0 Å². The van der Waals surface area contributed by atoms with E-state index in [1.165, 1.54) is 6.07 Å². The van der Waals surface area contributed by atoms with E-state index in [0.29, 0.717) is 11.5 Å². The quantitative estimate of drug-likeness (QED) is 0.843. The summed E-state index contributed by atoms with van der Waals surface area (Å²) >= 11 is 0. The van der Waals surface area contributed by atoms with E-state index in [1.54, 1.807) is 6.92 Å². The van der Waals surface area contributed by atoms with E-state index in [9.17, 15) is 12.8 Å². The summed E-state index contributed by atoms with van der Waals surface area (Å²) in [6, 6.07) is 2.22. The zero-order valence-electron chi connectivity index (χ0n) is 12.7. The van der Waals surface area contributed by atoms with Gasteiger partial charge >= 0.3 is 0 Å². The number of anilines is 1. The van der Waals surface area contributed by atoms with E-state index in [1.807, 2.05) is 6.92 Å². The van der Waals surface area contributed by atoms with Crippen molar-refractivity contribution in [2.24, 2.45) is 11.8 Å². The first-order valence-corrected chi connectivity index (χ1v) is 8.77. The number of hydrogen-bond donors (Lipinski definition) is 2. The molecule has 1 saturated carbocycles. The van der Waals surface area contributed by atoms with Crippen molar-refractivity contribution in [3.8, 4) is 0 Å². The maximum absolute atomic E-state index is 14.0. The molecule has 0 spiro atoms. The van der Waals surface area contributed by atoms with Gasteiger partial charge in [-0.25, -0.2) is 17.5 Å². The van der Waals surface area contributed by atoms with Gasteiger partial charge in [-0.3, -0.25) is 0 Å². The van der Waals surface area contributed by atoms with Crippen LogP contribution in [0.2, 0.25) is 0 Å². The summed E-state index contributed by atoms with van der Waals surface area (Å²) in [5.74, 6) is 0.0907. The highest BCUT2D eigenvalue weighted by Gasteiger charge is 2.30. The fourth-order valence-electron chi connectivity index (χ4n) is 2.98. The van der Waals surface area contributed by atoms with Crippen LogP contribution in [0.25, 0.3) is 0 Å². The van der Waals surface area contributed by atoms with Crippen molar-refractivity contribution >= 4 is 15.7 Å². The smallest absolute Gasteiger partial charge is 0.243 e. The van der Waals surface area contributed by atoms with Crippen LogP contribution in [0.4, 0.5) is 10.1 Å². The molecular weight excluding hydrogens is 291 g/mol. The van der Waals surface area contributed by atoms with Gasteiger partial charge in [-0.2, -0.15) is 0 Å². The van der Waals surface area contributed by atoms with Crippen LogP contribution in [-0.4, -0.2) is 14.5 Å². The summed E-state index contributed by atoms with van der Waals surface area (Å²) in [7, 11) is -3.89. The van der Waals surface area contributed by atoms with Gasteiger partial charge in [0, 0.05) is 11.7 Å². The lowest BCUT2D eigenvalue weighted by atomic mass is 9.80. The minimum Gasteiger partial charge on any atom is -0.398 e. The third-order valence-corrected chi connectivity index (χ3v) is 5.85. The fraction of sp³-hybridized carbons (Fsp3) is 0.600. The van der Waals surface area contributed by atoms with Crippen molar-refractivity contribution < 1.29 is 12.8 Å². The second-order valence-electron chi connectivity index (χ2n) is 6.26. The lowest BCUT2D eigenvalue weighted by Gasteiger charge is -2.32. The van der Waals surface area contributed by atoms with E-state index < -0.39 is 15.8 Å². The molecule has 2 rings (SSSR count). The Hall–Kier alpha value is -1.14. The first-order valence-electron chi connectivity index (χ1n) is 7.28. The molecule has 3 unspecified atom stereocenters. The van der Waals surface area contributed by atoms with Crippen molar-refractivity contribution in [3.05, 3.63) is 23.5 Å². The van der Waals surface area contributed by atoms with E-state index in [2.05, 4.69) is 11.6 Å². The third-order valence-electron chi connectivity index (χ3n) is 4.35. The third kappa shape index (κ3) is 3.55. The molecule has 0 radical (unpaired) electrons. The number of nitrogens with two attached hydrogens (primary N) is 1. The molecule has 0 saturated heterocycles. The van der Waals surface area contributed by atoms with Gasteiger partial charge in [-0.15, -0.1) is 0 Å². The van der Waals surface area contributed by atoms with Gasteiger partial charge in [0.05, 0.1) is 0 Å². The van der Waals surface area contributed by atoms with Gasteiger partial charge < -0.3 is 5.73 Å². The van der Waals surface area contributed by atoms with Gasteiger partial charge in [-0.05, 0) is 55.7 Å². The number of rotatable bonds is 3. The maximum atomic E-state index is 14.0. The summed E-state index contributed by atoms with van der Waals surface area (Å²) < 4.78 is 41.4. The Bertz CT molecular complexity index is 631. The predicted octanol–water partition coefficient (Wildman–Crippen LogP) is 2.82. The Morgan fingerprint density at radius 3 is 2.57 bits per heavy atom. The fourth-order valence-corrected chi connectivity index (χ4v) is 4.45. The molecule has 1 aromatic carbocycles. The normalized spacial score (nSPS) is 26.8. The molecule has 0 heterocycles. The van der Waals surface area contributed by atoms with Crippen molar-refractivity contribution in [2.75, 3.05) is 5.73 Å². The van der Waals surface area contributed by atoms with Crippen LogP contribution in [0, 0.1) is 24.6 Å². The van der Waals surface area contributed by atoms with Gasteiger partial charge in [0.25, 0.3) is 0 Å². The van der Waals surface area contributed by atoms with Crippen molar-refractivity contribution in [3.63, 3.8) is 0 Å². The van der Waals surface area contributed by atoms with Gasteiger partial charge in [0.15, 0.2) is 0 Å². The second-order valence-corrected chi connectivity index (χ2v) is 7.94. The minimum atomic E-state index is -3.89. The van der Waals surface area contributed by atoms with Crippen LogP contribution >= 0.6 is 0 Å². The van der Waals surface area contributed by atoms with Crippen LogP contribution in [0.1, 0.15) is 38.7 Å². The standard InChI is InChI=1S/C15H23FN2O2S/c1-9-4-5-14(11(3)6-9)18-21(19,20)15-8-13(17)10(2)7-12(15)16/h7-9,11,14,18H,4-6,17H2,1-3H3. The lowest BCUT2D eigenvalue weighted by Crippen LogP contribution is -2.42. The first kappa shape index (κ1) is 16.2. The Labute approximate surface area is 126 Å². The highest BCUT2D eigenvalue weighted by atomic mass is 32.2. The largest absolute Gasteiger partial charge is 0.398 e. The molecule has 0 bridgehead atoms. The molecule has 0 aliphatic heterocycles. The molecule has 3 atom stereocenters. The predicted molar refractivity (Wildman–Crippen MR) is 81.8 cm³/mol. The summed E-state index contributed by atoms with van der Waals surface area (Å²) in [4.78, 5) is -0.364. The molecule has 1 aliphatic carbocycles. The molecule has 1 aromatic rings. The number of nitrogen functional groups attached to an aromatic ring is 1. The zero-order valence-corrected chi connectivity index (χ0v) is 13.5. The molecule has 21 heavy (non-hydrogen) atoms. The lowest BCUT2D eigenvalue weighted by molar-refractivity contribution is 0.249. The van der Waals surface area contributed by atoms with Gasteiger partial charge in [0.1, 0.15) is 10.7 Å². The molecular formula is C15H23FN2O2S. The maximum Gasteiger partial charge on any atom is 0.243 e. The van der Waals surface area contributed by atoms with Crippen molar-refractivity contribution in [1.29, 1.82) is 0 Å². The molecule has 3 N–H and O–H groups in total. The van der Waals surface area contributed by atoms with Crippen molar-refractivity contribution in [2.45, 2.75) is 51.0 Å². The topological polar surface area (TPSA) is 72.2 Å². The Kier molecular flexibility index (Phi) is 4.58. The molecule has 0 amide bonds. The molecule has 0 aromatic heterocycles. The zero-order chi connectivity index (χ0) is 15.8. The average molecular weight is 314 g/mol. The van der Waals surface area contributed by atoms with E-state index >= 15 is 0 Å². The molecule has 1 fully saturated rings. The summed E-state index contributed by atoms with van der Waals surface area (Å²) in [5.41, 5.74) is 6.52. The number of halogens is 1. The minimum absolute atomic E-state index is 0.145. The Balaban J connectivity index is 2.25. The van der Waals surface area contributed by atoms with E-state index in [-0.39, 0.29) is 22.5 Å². The molecule has 1 aliphatic rings. The van der Waals surface area contributed by atoms with Crippen LogP contribution < -0.4 is 10.5 Å². The van der Waals surface area contributed by atoms with E-state index in [0.717, 1.165) is 25.3 Å². The van der Waals surface area contributed by atoms with Gasteiger partial charge in [-0.1, -0.05) is 13.8 Å². The Morgan fingerprint density at radius 2 is 1.95 bits per heavy atom. The monoisotopic (exact) mass is 314 g/mol. The Morgan fingerprint density at radius 1 is 1.29 bits per heavy atom. The number of hydrogen-bond acceptors (Lipinski definition) is 3. The summed E-state index contributed by atoms with van der Waals surface area (Å²) in [6.07, 6.45) is 2.74. The first-order chi connectivity index (χ1) is 9.70. The highest BCUT2D eigenvalue weighted by molar-refractivity contribution is 7.89. The number of nitrogens with one attached hydrogen (secondary N) is 1. The molecule has 6 heteroatoms. The molecule has 118 valence electrons. The highest BCUT2D eigenvalue weighted by Crippen LogP contribution is 2.30. The SMILES string of the molecule is Cc1cc(F)c(S(=O)(=O)NC2CCC(C)CC2C)cc1N. The van der Waals surface area contributed by atoms with E-state index in [4.69, 9.17) is 5.73 Å².